The molecule has 0 N–H and O–H groups in total. The number of ketones is 1. The van der Waals surface area contributed by atoms with Crippen molar-refractivity contribution in [3.05, 3.63) is 94.7 Å². The Morgan fingerprint density at radius 3 is 2.13 bits per heavy atom. The van der Waals surface area contributed by atoms with Gasteiger partial charge in [-0.2, -0.15) is 0 Å². The van der Waals surface area contributed by atoms with E-state index in [-0.39, 0.29) is 5.78 Å². The minimum atomic E-state index is -0.418. The first kappa shape index (κ1) is 28.4. The van der Waals surface area contributed by atoms with E-state index >= 15 is 0 Å². The van der Waals surface area contributed by atoms with Crippen molar-refractivity contribution in [1.29, 1.82) is 0 Å². The molecule has 0 radical (unpaired) electrons. The largest absolute Gasteiger partial charge is 0.452 e. The van der Waals surface area contributed by atoms with Gasteiger partial charge in [0.05, 0.1) is 5.71 Å². The third-order valence-corrected chi connectivity index (χ3v) is 7.65. The van der Waals surface area contributed by atoms with E-state index < -0.39 is 5.97 Å². The second-order valence-corrected chi connectivity index (χ2v) is 11.0. The van der Waals surface area contributed by atoms with E-state index in [0.717, 1.165) is 62.4 Å². The lowest BCUT2D eigenvalue weighted by Gasteiger charge is -2.08. The van der Waals surface area contributed by atoms with Gasteiger partial charge in [0.2, 0.25) is 5.78 Å². The number of oxime groups is 1. The first-order valence-corrected chi connectivity index (χ1v) is 14.3. The average Bonchev–Trinajstić information content (AvgIpc) is 3.26. The number of unbranched alkanes of at least 4 members (excludes halogenated alkanes) is 4. The SMILES string of the molecule is CCCCCCCC(=NOC(C)=O)c1ccc(Sc2ccc(C(=O)c3oc4ccc(C)cc4c3C)cc2)cc1. The number of carbonyl (C=O) groups is 2. The topological polar surface area (TPSA) is 68.9 Å². The fraction of sp³-hybridized carbons (Fsp3) is 0.303. The van der Waals surface area contributed by atoms with Gasteiger partial charge in [0.15, 0.2) is 5.76 Å². The number of aryl methyl sites for hydroxylation is 2. The van der Waals surface area contributed by atoms with E-state index in [1.807, 2.05) is 74.5 Å². The van der Waals surface area contributed by atoms with E-state index in [9.17, 15) is 9.59 Å². The molecule has 0 saturated heterocycles. The van der Waals surface area contributed by atoms with Crippen molar-refractivity contribution < 1.29 is 18.8 Å². The van der Waals surface area contributed by atoms with Crippen LogP contribution in [0.25, 0.3) is 11.0 Å². The van der Waals surface area contributed by atoms with Gasteiger partial charge in [-0.05, 0) is 80.8 Å². The number of hydrogen-bond donors (Lipinski definition) is 0. The summed E-state index contributed by atoms with van der Waals surface area (Å²) in [6, 6.07) is 21.7. The maximum absolute atomic E-state index is 13.2. The van der Waals surface area contributed by atoms with Crippen LogP contribution in [0.4, 0.5) is 0 Å². The summed E-state index contributed by atoms with van der Waals surface area (Å²) in [7, 11) is 0. The molecule has 0 saturated carbocycles. The normalized spacial score (nSPS) is 11.6. The molecule has 0 amide bonds. The molecule has 0 unspecified atom stereocenters. The summed E-state index contributed by atoms with van der Waals surface area (Å²) < 4.78 is 5.91. The molecule has 0 aliphatic carbocycles. The predicted molar refractivity (Wildman–Crippen MR) is 158 cm³/mol. The third kappa shape index (κ3) is 7.48. The molecule has 0 fully saturated rings. The molecule has 6 heteroatoms. The maximum atomic E-state index is 13.2. The minimum absolute atomic E-state index is 0.114. The molecule has 4 aromatic rings. The van der Waals surface area contributed by atoms with Crippen molar-refractivity contribution >= 4 is 40.2 Å². The van der Waals surface area contributed by atoms with Gasteiger partial charge in [-0.15, -0.1) is 0 Å². The van der Waals surface area contributed by atoms with E-state index in [1.54, 1.807) is 11.8 Å². The summed E-state index contributed by atoms with van der Waals surface area (Å²) in [5.74, 6) is -0.141. The van der Waals surface area contributed by atoms with Crippen LogP contribution in [-0.2, 0) is 9.63 Å². The Morgan fingerprint density at radius 2 is 1.49 bits per heavy atom. The summed E-state index contributed by atoms with van der Waals surface area (Å²) in [6.45, 7) is 7.52. The third-order valence-electron chi connectivity index (χ3n) is 6.64. The fourth-order valence-corrected chi connectivity index (χ4v) is 5.28. The molecule has 1 aromatic heterocycles. The summed E-state index contributed by atoms with van der Waals surface area (Å²) in [5, 5.41) is 5.10. The zero-order valence-electron chi connectivity index (χ0n) is 23.1. The highest BCUT2D eigenvalue weighted by molar-refractivity contribution is 7.99. The molecule has 39 heavy (non-hydrogen) atoms. The van der Waals surface area contributed by atoms with Crippen molar-refractivity contribution in [2.75, 3.05) is 0 Å². The molecule has 0 aliphatic rings. The molecule has 0 aliphatic heterocycles. The molecular weight excluding hydrogens is 506 g/mol. The molecule has 202 valence electrons. The van der Waals surface area contributed by atoms with Crippen LogP contribution < -0.4 is 0 Å². The maximum Gasteiger partial charge on any atom is 0.331 e. The van der Waals surface area contributed by atoms with E-state index in [4.69, 9.17) is 9.25 Å². The van der Waals surface area contributed by atoms with E-state index in [1.165, 1.54) is 26.2 Å². The molecule has 0 atom stereocenters. The summed E-state index contributed by atoms with van der Waals surface area (Å²) in [4.78, 5) is 31.5. The van der Waals surface area contributed by atoms with Crippen LogP contribution in [0.15, 0.2) is 86.1 Å². The molecule has 0 spiro atoms. The Balaban J connectivity index is 1.42. The van der Waals surface area contributed by atoms with Gasteiger partial charge in [-0.25, -0.2) is 4.79 Å². The quantitative estimate of drug-likeness (QED) is 0.0588. The lowest BCUT2D eigenvalue weighted by molar-refractivity contribution is -0.140. The molecule has 1 heterocycles. The Hall–Kier alpha value is -3.64. The zero-order valence-corrected chi connectivity index (χ0v) is 23.9. The second-order valence-electron chi connectivity index (χ2n) is 9.82. The summed E-state index contributed by atoms with van der Waals surface area (Å²) in [5.41, 5.74) is 5.07. The Morgan fingerprint density at radius 1 is 0.846 bits per heavy atom. The zero-order chi connectivity index (χ0) is 27.8. The smallest absolute Gasteiger partial charge is 0.331 e. The van der Waals surface area contributed by atoms with Crippen molar-refractivity contribution in [3.8, 4) is 0 Å². The molecule has 5 nitrogen and oxygen atoms in total. The van der Waals surface area contributed by atoms with Crippen LogP contribution >= 0.6 is 11.8 Å². The van der Waals surface area contributed by atoms with Crippen LogP contribution in [-0.4, -0.2) is 17.5 Å². The highest BCUT2D eigenvalue weighted by atomic mass is 32.2. The highest BCUT2D eigenvalue weighted by Gasteiger charge is 2.19. The van der Waals surface area contributed by atoms with Crippen LogP contribution in [0, 0.1) is 13.8 Å². The van der Waals surface area contributed by atoms with Crippen LogP contribution in [0.1, 0.15) is 85.2 Å². The van der Waals surface area contributed by atoms with Crippen LogP contribution in [0.3, 0.4) is 0 Å². The second kappa shape index (κ2) is 13.4. The van der Waals surface area contributed by atoms with Gasteiger partial charge in [-0.3, -0.25) is 4.79 Å². The van der Waals surface area contributed by atoms with Crippen molar-refractivity contribution in [1.82, 2.24) is 0 Å². The molecule has 0 bridgehead atoms. The monoisotopic (exact) mass is 541 g/mol. The highest BCUT2D eigenvalue weighted by Crippen LogP contribution is 2.31. The Bertz CT molecular complexity index is 1470. The van der Waals surface area contributed by atoms with Crippen molar-refractivity contribution in [2.24, 2.45) is 5.16 Å². The first-order valence-electron chi connectivity index (χ1n) is 13.5. The van der Waals surface area contributed by atoms with Gasteiger partial charge in [0.25, 0.3) is 0 Å². The number of fused-ring (bicyclic) bond motifs is 1. The fourth-order valence-electron chi connectivity index (χ4n) is 4.47. The van der Waals surface area contributed by atoms with Crippen LogP contribution in [0.5, 0.6) is 0 Å². The van der Waals surface area contributed by atoms with Gasteiger partial charge in [0.1, 0.15) is 5.58 Å². The van der Waals surface area contributed by atoms with E-state index in [2.05, 4.69) is 18.1 Å². The predicted octanol–water partition coefficient (Wildman–Crippen LogP) is 9.06. The molecule has 3 aromatic carbocycles. The number of rotatable bonds is 12. The van der Waals surface area contributed by atoms with Crippen molar-refractivity contribution in [3.63, 3.8) is 0 Å². The number of furan rings is 1. The van der Waals surface area contributed by atoms with Gasteiger partial charge >= 0.3 is 5.97 Å². The Kier molecular flexibility index (Phi) is 9.77. The summed E-state index contributed by atoms with van der Waals surface area (Å²) >= 11 is 1.62. The van der Waals surface area contributed by atoms with Gasteiger partial charge in [-0.1, -0.05) is 73.3 Å². The standard InChI is InChI=1S/C33H35NO4S/c1-5-6-7-8-9-10-30(34-38-24(4)35)25-12-16-27(17-13-25)39-28-18-14-26(15-19-28)32(36)33-23(3)29-21-22(2)11-20-31(29)37-33/h11-21H,5-10H2,1-4H3. The lowest BCUT2D eigenvalue weighted by atomic mass is 10.0. The lowest BCUT2D eigenvalue weighted by Crippen LogP contribution is -2.04. The van der Waals surface area contributed by atoms with E-state index in [0.29, 0.717) is 11.3 Å². The molecular formula is C33H35NO4S. The first-order chi connectivity index (χ1) is 18.9. The number of carbonyl (C=O) groups excluding carboxylic acids is 2. The summed E-state index contributed by atoms with van der Waals surface area (Å²) in [6.07, 6.45) is 6.55. The molecule has 4 rings (SSSR count). The minimum Gasteiger partial charge on any atom is -0.452 e. The number of nitrogens with zero attached hydrogens (tertiary/aromatic N) is 1. The number of hydrogen-bond acceptors (Lipinski definition) is 6. The number of benzene rings is 3. The van der Waals surface area contributed by atoms with Crippen LogP contribution in [0.2, 0.25) is 0 Å². The van der Waals surface area contributed by atoms with Gasteiger partial charge in [0, 0.05) is 33.2 Å². The van der Waals surface area contributed by atoms with Gasteiger partial charge < -0.3 is 9.25 Å². The average molecular weight is 542 g/mol. The van der Waals surface area contributed by atoms with Crippen molar-refractivity contribution in [2.45, 2.75) is 76.0 Å². The Labute approximate surface area is 234 Å².